The zero-order valence-electron chi connectivity index (χ0n) is 8.76. The topological polar surface area (TPSA) is 63.1 Å². The Bertz CT molecular complexity index is 323. The number of rotatable bonds is 2. The molecule has 1 aliphatic rings. The van der Waals surface area contributed by atoms with Gasteiger partial charge in [0.1, 0.15) is 0 Å². The summed E-state index contributed by atoms with van der Waals surface area (Å²) < 4.78 is 1.82. The van der Waals surface area contributed by atoms with Crippen LogP contribution in [0.4, 0.5) is 4.79 Å². The predicted molar refractivity (Wildman–Crippen MR) is 54.3 cm³/mol. The number of nitrogens with zero attached hydrogens (tertiary/aromatic N) is 4. The van der Waals surface area contributed by atoms with Crippen LogP contribution in [-0.2, 0) is 0 Å². The molecule has 1 aromatic heterocycles. The van der Waals surface area contributed by atoms with Crippen LogP contribution in [0.2, 0.25) is 0 Å². The SMILES string of the molecule is CCNC(=O)N1CCC(n2ccnn2)C1. The molecule has 6 nitrogen and oxygen atoms in total. The van der Waals surface area contributed by atoms with Crippen molar-refractivity contribution in [3.8, 4) is 0 Å². The van der Waals surface area contributed by atoms with Crippen molar-refractivity contribution >= 4 is 6.03 Å². The fourth-order valence-corrected chi connectivity index (χ4v) is 1.82. The largest absolute Gasteiger partial charge is 0.338 e. The Morgan fingerprint density at radius 2 is 2.53 bits per heavy atom. The highest BCUT2D eigenvalue weighted by Gasteiger charge is 2.27. The van der Waals surface area contributed by atoms with Gasteiger partial charge in [0.15, 0.2) is 0 Å². The average Bonchev–Trinajstić information content (AvgIpc) is 2.89. The summed E-state index contributed by atoms with van der Waals surface area (Å²) in [4.78, 5) is 13.3. The minimum absolute atomic E-state index is 0.0140. The molecule has 0 aromatic carbocycles. The lowest BCUT2D eigenvalue weighted by Gasteiger charge is -2.16. The van der Waals surface area contributed by atoms with E-state index in [-0.39, 0.29) is 12.1 Å². The average molecular weight is 209 g/mol. The molecule has 1 aliphatic heterocycles. The maximum Gasteiger partial charge on any atom is 0.317 e. The highest BCUT2D eigenvalue weighted by Crippen LogP contribution is 2.19. The molecule has 1 fully saturated rings. The molecular weight excluding hydrogens is 194 g/mol. The number of amides is 2. The predicted octanol–water partition coefficient (Wildman–Crippen LogP) is 0.254. The van der Waals surface area contributed by atoms with Crippen LogP contribution in [-0.4, -0.2) is 45.6 Å². The number of carbonyl (C=O) groups is 1. The molecule has 0 bridgehead atoms. The summed E-state index contributed by atoms with van der Waals surface area (Å²) in [5.41, 5.74) is 0. The van der Waals surface area contributed by atoms with Gasteiger partial charge in [-0.3, -0.25) is 0 Å². The Morgan fingerprint density at radius 1 is 1.67 bits per heavy atom. The molecule has 0 radical (unpaired) electrons. The van der Waals surface area contributed by atoms with Crippen LogP contribution in [0.3, 0.4) is 0 Å². The van der Waals surface area contributed by atoms with E-state index in [0.29, 0.717) is 6.54 Å². The number of urea groups is 1. The summed E-state index contributed by atoms with van der Waals surface area (Å²) in [6, 6.07) is 0.287. The fourth-order valence-electron chi connectivity index (χ4n) is 1.82. The van der Waals surface area contributed by atoms with E-state index in [1.54, 1.807) is 6.20 Å². The molecule has 0 saturated carbocycles. The van der Waals surface area contributed by atoms with Crippen molar-refractivity contribution in [2.24, 2.45) is 0 Å². The van der Waals surface area contributed by atoms with Gasteiger partial charge < -0.3 is 10.2 Å². The summed E-state index contributed by atoms with van der Waals surface area (Å²) in [6.45, 7) is 4.09. The normalized spacial score (nSPS) is 20.6. The van der Waals surface area contributed by atoms with E-state index in [9.17, 15) is 4.79 Å². The minimum Gasteiger partial charge on any atom is -0.338 e. The molecule has 82 valence electrons. The smallest absolute Gasteiger partial charge is 0.317 e. The van der Waals surface area contributed by atoms with E-state index in [1.807, 2.05) is 22.7 Å². The monoisotopic (exact) mass is 209 g/mol. The third-order valence-electron chi connectivity index (χ3n) is 2.59. The van der Waals surface area contributed by atoms with Gasteiger partial charge in [-0.15, -0.1) is 5.10 Å². The number of nitrogens with one attached hydrogen (secondary N) is 1. The zero-order valence-corrected chi connectivity index (χ0v) is 8.76. The molecule has 0 spiro atoms. The van der Waals surface area contributed by atoms with Gasteiger partial charge in [0.25, 0.3) is 0 Å². The van der Waals surface area contributed by atoms with Crippen molar-refractivity contribution < 1.29 is 4.79 Å². The first-order valence-electron chi connectivity index (χ1n) is 5.20. The first-order chi connectivity index (χ1) is 7.31. The molecule has 1 aromatic rings. The quantitative estimate of drug-likeness (QED) is 0.759. The van der Waals surface area contributed by atoms with E-state index in [4.69, 9.17) is 0 Å². The molecule has 1 atom stereocenters. The molecule has 1 N–H and O–H groups in total. The number of aromatic nitrogens is 3. The van der Waals surface area contributed by atoms with Crippen LogP contribution in [0, 0.1) is 0 Å². The third-order valence-corrected chi connectivity index (χ3v) is 2.59. The van der Waals surface area contributed by atoms with Crippen LogP contribution in [0.15, 0.2) is 12.4 Å². The van der Waals surface area contributed by atoms with Crippen LogP contribution in [0.25, 0.3) is 0 Å². The van der Waals surface area contributed by atoms with Gasteiger partial charge in [0.2, 0.25) is 0 Å². The van der Waals surface area contributed by atoms with Crippen LogP contribution in [0.1, 0.15) is 19.4 Å². The van der Waals surface area contributed by atoms with Gasteiger partial charge in [0.05, 0.1) is 12.2 Å². The molecule has 1 saturated heterocycles. The second-order valence-corrected chi connectivity index (χ2v) is 3.61. The van der Waals surface area contributed by atoms with E-state index >= 15 is 0 Å². The van der Waals surface area contributed by atoms with E-state index in [0.717, 1.165) is 19.5 Å². The van der Waals surface area contributed by atoms with Crippen molar-refractivity contribution in [1.82, 2.24) is 25.2 Å². The summed E-state index contributed by atoms with van der Waals surface area (Å²) in [5, 5.41) is 10.5. The van der Waals surface area contributed by atoms with Gasteiger partial charge in [-0.1, -0.05) is 5.21 Å². The minimum atomic E-state index is 0.0140. The van der Waals surface area contributed by atoms with Crippen molar-refractivity contribution in [3.63, 3.8) is 0 Å². The van der Waals surface area contributed by atoms with Crippen LogP contribution < -0.4 is 5.32 Å². The molecule has 2 rings (SSSR count). The van der Waals surface area contributed by atoms with Gasteiger partial charge in [0, 0.05) is 25.8 Å². The standard InChI is InChI=1S/C9H15N5O/c1-2-10-9(15)13-5-3-8(7-13)14-6-4-11-12-14/h4,6,8H,2-3,5,7H2,1H3,(H,10,15). The fraction of sp³-hybridized carbons (Fsp3) is 0.667. The Hall–Kier alpha value is -1.59. The lowest BCUT2D eigenvalue weighted by molar-refractivity contribution is 0.207. The lowest BCUT2D eigenvalue weighted by atomic mass is 10.3. The van der Waals surface area contributed by atoms with Gasteiger partial charge in [-0.05, 0) is 13.3 Å². The Kier molecular flexibility index (Phi) is 2.84. The number of carbonyl (C=O) groups excluding carboxylic acids is 1. The summed E-state index contributed by atoms with van der Waals surface area (Å²) in [7, 11) is 0. The summed E-state index contributed by atoms with van der Waals surface area (Å²) >= 11 is 0. The highest BCUT2D eigenvalue weighted by atomic mass is 16.2. The van der Waals surface area contributed by atoms with E-state index in [2.05, 4.69) is 15.6 Å². The molecular formula is C9H15N5O. The van der Waals surface area contributed by atoms with Crippen molar-refractivity contribution in [1.29, 1.82) is 0 Å². The first-order valence-corrected chi connectivity index (χ1v) is 5.20. The highest BCUT2D eigenvalue weighted by molar-refractivity contribution is 5.74. The van der Waals surface area contributed by atoms with Crippen LogP contribution in [0.5, 0.6) is 0 Å². The summed E-state index contributed by atoms with van der Waals surface area (Å²) in [5.74, 6) is 0. The van der Waals surface area contributed by atoms with Crippen molar-refractivity contribution in [2.75, 3.05) is 19.6 Å². The molecule has 15 heavy (non-hydrogen) atoms. The Balaban J connectivity index is 1.92. The third kappa shape index (κ3) is 2.08. The Labute approximate surface area is 88.2 Å². The molecule has 2 heterocycles. The van der Waals surface area contributed by atoms with Gasteiger partial charge in [-0.2, -0.15) is 0 Å². The molecule has 0 aliphatic carbocycles. The molecule has 6 heteroatoms. The first kappa shape index (κ1) is 9.95. The summed E-state index contributed by atoms with van der Waals surface area (Å²) in [6.07, 6.45) is 4.45. The Morgan fingerprint density at radius 3 is 3.20 bits per heavy atom. The van der Waals surface area contributed by atoms with E-state index < -0.39 is 0 Å². The maximum absolute atomic E-state index is 11.5. The van der Waals surface area contributed by atoms with Crippen molar-refractivity contribution in [2.45, 2.75) is 19.4 Å². The van der Waals surface area contributed by atoms with Gasteiger partial charge >= 0.3 is 6.03 Å². The lowest BCUT2D eigenvalue weighted by Crippen LogP contribution is -2.38. The second-order valence-electron chi connectivity index (χ2n) is 3.61. The van der Waals surface area contributed by atoms with Gasteiger partial charge in [-0.25, -0.2) is 9.48 Å². The second kappa shape index (κ2) is 4.29. The number of likely N-dealkylation sites (tertiary alicyclic amines) is 1. The van der Waals surface area contributed by atoms with Crippen LogP contribution >= 0.6 is 0 Å². The molecule has 1 unspecified atom stereocenters. The molecule has 2 amide bonds. The van der Waals surface area contributed by atoms with Crippen molar-refractivity contribution in [3.05, 3.63) is 12.4 Å². The zero-order chi connectivity index (χ0) is 10.7. The van der Waals surface area contributed by atoms with E-state index in [1.165, 1.54) is 0 Å². The maximum atomic E-state index is 11.5. The number of hydrogen-bond donors (Lipinski definition) is 1. The number of hydrogen-bond acceptors (Lipinski definition) is 3.